The van der Waals surface area contributed by atoms with Gasteiger partial charge in [-0.2, -0.15) is 0 Å². The van der Waals surface area contributed by atoms with Crippen molar-refractivity contribution in [3.05, 3.63) is 91.9 Å². The molecule has 0 spiro atoms. The lowest BCUT2D eigenvalue weighted by molar-refractivity contribution is -0.122. The number of ether oxygens (including phenoxy) is 1. The second-order valence-electron chi connectivity index (χ2n) is 7.57. The second-order valence-corrected chi connectivity index (χ2v) is 9.59. The van der Waals surface area contributed by atoms with Crippen molar-refractivity contribution in [2.45, 2.75) is 0 Å². The average molecular weight is 595 g/mol. The zero-order valence-electron chi connectivity index (χ0n) is 18.6. The molecule has 2 N–H and O–H groups in total. The van der Waals surface area contributed by atoms with Crippen molar-refractivity contribution in [2.24, 2.45) is 0 Å². The van der Waals surface area contributed by atoms with Gasteiger partial charge in [0.05, 0.1) is 25.8 Å². The Morgan fingerprint density at radius 3 is 2.27 bits per heavy atom. The molecule has 0 bridgehead atoms. The molecule has 3 amide bonds. The summed E-state index contributed by atoms with van der Waals surface area (Å²) in [6.07, 6.45) is 1.34. The fraction of sp³-hybridized carbons (Fsp3) is 0.0400. The molecule has 3 aromatic carbocycles. The first-order chi connectivity index (χ1) is 17.6. The van der Waals surface area contributed by atoms with Crippen molar-refractivity contribution < 1.29 is 19.1 Å². The molecule has 1 fully saturated rings. The molecule has 1 heterocycles. The first-order valence-electron chi connectivity index (χ1n) is 10.5. The molecule has 0 aromatic heterocycles. The maximum atomic E-state index is 13.1. The molecule has 0 unspecified atom stereocenters. The topological polar surface area (TPSA) is 87.7 Å². The van der Waals surface area contributed by atoms with Gasteiger partial charge in [-0.15, -0.1) is 0 Å². The number of rotatable bonds is 6. The van der Waals surface area contributed by atoms with Crippen LogP contribution in [0.3, 0.4) is 0 Å². The number of carbonyl (C=O) groups is 3. The Labute approximate surface area is 236 Å². The molecule has 0 atom stereocenters. The number of carbonyl (C=O) groups excluding carboxylic acids is 3. The van der Waals surface area contributed by atoms with Crippen molar-refractivity contribution in [1.82, 2.24) is 5.32 Å². The summed E-state index contributed by atoms with van der Waals surface area (Å²) in [5.74, 6) is -1.69. The van der Waals surface area contributed by atoms with Crippen LogP contribution in [-0.4, -0.2) is 29.4 Å². The summed E-state index contributed by atoms with van der Waals surface area (Å²) in [4.78, 5) is 39.1. The van der Waals surface area contributed by atoms with Crippen LogP contribution in [0.15, 0.2) is 66.2 Å². The monoisotopic (exact) mass is 593 g/mol. The molecular weight excluding hydrogens is 580 g/mol. The van der Waals surface area contributed by atoms with Crippen molar-refractivity contribution in [3.8, 4) is 5.75 Å². The van der Waals surface area contributed by atoms with E-state index in [1.54, 1.807) is 42.5 Å². The second kappa shape index (κ2) is 11.5. The predicted octanol–water partition coefficient (Wildman–Crippen LogP) is 6.15. The summed E-state index contributed by atoms with van der Waals surface area (Å²) in [7, 11) is 0. The summed E-state index contributed by atoms with van der Waals surface area (Å²) < 4.78 is 5.50. The average Bonchev–Trinajstić information content (AvgIpc) is 2.84. The highest BCUT2D eigenvalue weighted by Crippen LogP contribution is 2.35. The summed E-state index contributed by atoms with van der Waals surface area (Å²) in [6.45, 7) is -0.398. The van der Waals surface area contributed by atoms with E-state index in [-0.39, 0.29) is 31.5 Å². The number of anilines is 2. The molecule has 4 rings (SSSR count). The van der Waals surface area contributed by atoms with Gasteiger partial charge in [0, 0.05) is 5.69 Å². The molecule has 1 saturated heterocycles. The van der Waals surface area contributed by atoms with E-state index in [1.165, 1.54) is 29.2 Å². The predicted molar refractivity (Wildman–Crippen MR) is 150 cm³/mol. The normalized spacial score (nSPS) is 14.5. The molecule has 12 heteroatoms. The van der Waals surface area contributed by atoms with Crippen LogP contribution in [0.4, 0.5) is 11.4 Å². The summed E-state index contributed by atoms with van der Waals surface area (Å²) in [5.41, 5.74) is 1.13. The largest absolute Gasteiger partial charge is 0.481 e. The van der Waals surface area contributed by atoms with Crippen LogP contribution in [0.5, 0.6) is 5.75 Å². The van der Waals surface area contributed by atoms with Crippen LogP contribution in [0.1, 0.15) is 5.56 Å². The van der Waals surface area contributed by atoms with E-state index in [9.17, 15) is 14.4 Å². The van der Waals surface area contributed by atoms with Gasteiger partial charge in [0.15, 0.2) is 17.5 Å². The molecule has 0 saturated carbocycles. The standard InChI is InChI=1S/C25H15Cl4N3O4S/c26-17-7-6-14(11-18(17)27)30-21(33)12-36-22-19(28)9-13(10-20(22)29)8-16-23(34)31-25(37)32(24(16)35)15-4-2-1-3-5-15/h1-11H,12H2,(H,30,33)(H,31,34,37)/b16-8-. The van der Waals surface area contributed by atoms with Crippen LogP contribution < -0.4 is 20.3 Å². The molecule has 1 aliphatic heterocycles. The number of amides is 3. The molecule has 3 aromatic rings. The Bertz CT molecular complexity index is 1440. The van der Waals surface area contributed by atoms with Crippen LogP contribution in [0, 0.1) is 0 Å². The van der Waals surface area contributed by atoms with Gasteiger partial charge >= 0.3 is 0 Å². The van der Waals surface area contributed by atoms with Gasteiger partial charge in [-0.25, -0.2) is 0 Å². The van der Waals surface area contributed by atoms with Crippen molar-refractivity contribution in [3.63, 3.8) is 0 Å². The summed E-state index contributed by atoms with van der Waals surface area (Å²) >= 11 is 29.7. The highest BCUT2D eigenvalue weighted by molar-refractivity contribution is 7.80. The minimum Gasteiger partial charge on any atom is -0.481 e. The van der Waals surface area contributed by atoms with Crippen LogP contribution in [-0.2, 0) is 14.4 Å². The van der Waals surface area contributed by atoms with Crippen LogP contribution in [0.2, 0.25) is 20.1 Å². The quantitative estimate of drug-likeness (QED) is 0.203. The Balaban J connectivity index is 1.50. The van der Waals surface area contributed by atoms with Gasteiger partial charge in [-0.1, -0.05) is 64.6 Å². The highest BCUT2D eigenvalue weighted by Gasteiger charge is 2.34. The van der Waals surface area contributed by atoms with Gasteiger partial charge < -0.3 is 10.1 Å². The Hall–Kier alpha value is -3.14. The van der Waals surface area contributed by atoms with E-state index in [4.69, 9.17) is 63.4 Å². The number of benzene rings is 3. The third kappa shape index (κ3) is 6.23. The minimum atomic E-state index is -0.659. The van der Waals surface area contributed by atoms with Gasteiger partial charge in [-0.3, -0.25) is 24.6 Å². The lowest BCUT2D eigenvalue weighted by Gasteiger charge is -2.28. The van der Waals surface area contributed by atoms with Crippen molar-refractivity contribution in [2.75, 3.05) is 16.8 Å². The Morgan fingerprint density at radius 1 is 0.946 bits per heavy atom. The highest BCUT2D eigenvalue weighted by atomic mass is 35.5. The maximum absolute atomic E-state index is 13.1. The van der Waals surface area contributed by atoms with Crippen LogP contribution in [0.25, 0.3) is 6.08 Å². The van der Waals surface area contributed by atoms with Crippen molar-refractivity contribution in [1.29, 1.82) is 0 Å². The van der Waals surface area contributed by atoms with E-state index < -0.39 is 24.3 Å². The van der Waals surface area contributed by atoms with Gasteiger partial charge in [0.1, 0.15) is 5.57 Å². The van der Waals surface area contributed by atoms with E-state index in [2.05, 4.69) is 10.6 Å². The zero-order chi connectivity index (χ0) is 26.7. The number of hydrogen-bond acceptors (Lipinski definition) is 5. The minimum absolute atomic E-state index is 0.0303. The number of hydrogen-bond donors (Lipinski definition) is 2. The number of nitrogens with zero attached hydrogens (tertiary/aromatic N) is 1. The summed E-state index contributed by atoms with van der Waals surface area (Å²) in [5, 5.41) is 5.87. The third-order valence-corrected chi connectivity index (χ3v) is 6.58. The smallest absolute Gasteiger partial charge is 0.270 e. The Kier molecular flexibility index (Phi) is 8.36. The lowest BCUT2D eigenvalue weighted by atomic mass is 10.1. The zero-order valence-corrected chi connectivity index (χ0v) is 22.4. The van der Waals surface area contributed by atoms with Crippen LogP contribution >= 0.6 is 58.6 Å². The van der Waals surface area contributed by atoms with Gasteiger partial charge in [-0.05, 0) is 66.3 Å². The molecule has 7 nitrogen and oxygen atoms in total. The number of para-hydroxylation sites is 1. The van der Waals surface area contributed by atoms with E-state index in [0.717, 1.165) is 0 Å². The molecule has 1 aliphatic rings. The number of thiocarbonyl (C=S) groups is 1. The van der Waals surface area contributed by atoms with Crippen molar-refractivity contribution >= 4 is 98.9 Å². The van der Waals surface area contributed by atoms with E-state index >= 15 is 0 Å². The first-order valence-corrected chi connectivity index (χ1v) is 12.4. The maximum Gasteiger partial charge on any atom is 0.270 e. The summed E-state index contributed by atoms with van der Waals surface area (Å²) in [6, 6.07) is 16.2. The molecule has 0 radical (unpaired) electrons. The SMILES string of the molecule is O=C(COc1c(Cl)cc(/C=C2/C(=O)NC(=S)N(c3ccccc3)C2=O)cc1Cl)Nc1ccc(Cl)c(Cl)c1. The Morgan fingerprint density at radius 2 is 1.62 bits per heavy atom. The molecule has 37 heavy (non-hydrogen) atoms. The number of halogens is 4. The fourth-order valence-electron chi connectivity index (χ4n) is 3.35. The van der Waals surface area contributed by atoms with Gasteiger partial charge in [0.2, 0.25) is 0 Å². The number of nitrogens with one attached hydrogen (secondary N) is 2. The third-order valence-electron chi connectivity index (χ3n) is 5.00. The molecule has 188 valence electrons. The molecule has 0 aliphatic carbocycles. The molecular formula is C25H15Cl4N3O4S. The van der Waals surface area contributed by atoms with Gasteiger partial charge in [0.25, 0.3) is 17.7 Å². The fourth-order valence-corrected chi connectivity index (χ4v) is 4.54. The van der Waals surface area contributed by atoms with E-state index in [0.29, 0.717) is 22.0 Å². The lowest BCUT2D eigenvalue weighted by Crippen LogP contribution is -2.54. The first kappa shape index (κ1) is 26.9. The van der Waals surface area contributed by atoms with E-state index in [1.807, 2.05) is 0 Å².